The largest absolute Gasteiger partial charge is 0.508 e. The van der Waals surface area contributed by atoms with E-state index in [9.17, 15) is 24.2 Å². The molecule has 0 bridgehead atoms. The lowest BCUT2D eigenvalue weighted by atomic mass is 9.98. The summed E-state index contributed by atoms with van der Waals surface area (Å²) in [6.07, 6.45) is -1.18. The van der Waals surface area contributed by atoms with E-state index >= 15 is 0 Å². The molecule has 31 heavy (non-hydrogen) atoms. The predicted molar refractivity (Wildman–Crippen MR) is 111 cm³/mol. The molecule has 158 valence electrons. The van der Waals surface area contributed by atoms with Crippen molar-refractivity contribution in [3.8, 4) is 16.9 Å². The molecule has 0 saturated heterocycles. The van der Waals surface area contributed by atoms with Crippen LogP contribution in [0.15, 0.2) is 66.7 Å². The Morgan fingerprint density at radius 3 is 2.19 bits per heavy atom. The lowest BCUT2D eigenvalue weighted by Gasteiger charge is -2.18. The molecule has 1 atom stereocenters. The second kappa shape index (κ2) is 8.47. The van der Waals surface area contributed by atoms with Gasteiger partial charge in [0.15, 0.2) is 0 Å². The van der Waals surface area contributed by atoms with Crippen LogP contribution in [0.2, 0.25) is 0 Å². The number of phenolic OH excluding ortho intramolecular Hbond substituents is 1. The molecule has 1 aliphatic rings. The maximum atomic E-state index is 13.9. The van der Waals surface area contributed by atoms with E-state index < -0.39 is 23.9 Å². The molecule has 3 N–H and O–H groups in total. The van der Waals surface area contributed by atoms with Crippen LogP contribution in [0.1, 0.15) is 22.6 Å². The number of carboxylic acid groups (broad SMARTS) is 1. The smallest absolute Gasteiger partial charge is 0.407 e. The van der Waals surface area contributed by atoms with Gasteiger partial charge in [0, 0.05) is 18.4 Å². The van der Waals surface area contributed by atoms with E-state index in [1.54, 1.807) is 0 Å². The molecule has 1 aliphatic carbocycles. The van der Waals surface area contributed by atoms with Crippen LogP contribution in [0, 0.1) is 5.82 Å². The Morgan fingerprint density at radius 2 is 1.61 bits per heavy atom. The maximum Gasteiger partial charge on any atom is 0.407 e. The molecule has 0 fully saturated rings. The minimum absolute atomic E-state index is 0.0414. The number of ether oxygens (including phenoxy) is 1. The summed E-state index contributed by atoms with van der Waals surface area (Å²) >= 11 is 0. The number of aliphatic carboxylic acids is 1. The van der Waals surface area contributed by atoms with Gasteiger partial charge in [-0.3, -0.25) is 0 Å². The number of phenols is 1. The molecule has 3 aromatic carbocycles. The fourth-order valence-corrected chi connectivity index (χ4v) is 3.90. The molecule has 0 spiro atoms. The van der Waals surface area contributed by atoms with Crippen LogP contribution in [0.25, 0.3) is 11.1 Å². The third-order valence-corrected chi connectivity index (χ3v) is 5.39. The summed E-state index contributed by atoms with van der Waals surface area (Å²) in [5, 5.41) is 21.0. The summed E-state index contributed by atoms with van der Waals surface area (Å²) < 4.78 is 19.3. The molecule has 0 aliphatic heterocycles. The van der Waals surface area contributed by atoms with Gasteiger partial charge < -0.3 is 20.3 Å². The minimum Gasteiger partial charge on any atom is -0.508 e. The Labute approximate surface area is 177 Å². The van der Waals surface area contributed by atoms with E-state index in [4.69, 9.17) is 4.74 Å². The van der Waals surface area contributed by atoms with Crippen molar-refractivity contribution in [3.63, 3.8) is 0 Å². The molecule has 3 aromatic rings. The van der Waals surface area contributed by atoms with Crippen LogP contribution < -0.4 is 5.32 Å². The van der Waals surface area contributed by atoms with Gasteiger partial charge >= 0.3 is 12.1 Å². The molecule has 1 amide bonds. The SMILES string of the molecule is O=C(NC(Cc1ccc(O)cc1F)C(=O)O)OCC1c2ccccc2-c2ccccc21. The van der Waals surface area contributed by atoms with Gasteiger partial charge in [-0.25, -0.2) is 14.0 Å². The van der Waals surface area contributed by atoms with Gasteiger partial charge in [0.05, 0.1) is 0 Å². The molecule has 1 unspecified atom stereocenters. The zero-order valence-electron chi connectivity index (χ0n) is 16.4. The third kappa shape index (κ3) is 4.21. The summed E-state index contributed by atoms with van der Waals surface area (Å²) in [4.78, 5) is 23.9. The second-order valence-electron chi connectivity index (χ2n) is 7.34. The van der Waals surface area contributed by atoms with Crippen molar-refractivity contribution in [2.45, 2.75) is 18.4 Å². The van der Waals surface area contributed by atoms with Gasteiger partial charge in [-0.05, 0) is 33.9 Å². The van der Waals surface area contributed by atoms with Crippen LogP contribution >= 0.6 is 0 Å². The normalized spacial score (nSPS) is 13.2. The van der Waals surface area contributed by atoms with Gasteiger partial charge in [0.25, 0.3) is 0 Å². The number of carbonyl (C=O) groups excluding carboxylic acids is 1. The average molecular weight is 421 g/mol. The van der Waals surface area contributed by atoms with Crippen molar-refractivity contribution >= 4 is 12.1 Å². The average Bonchev–Trinajstić information content (AvgIpc) is 3.07. The number of fused-ring (bicyclic) bond motifs is 3. The van der Waals surface area contributed by atoms with Gasteiger partial charge in [-0.15, -0.1) is 0 Å². The molecule has 0 saturated carbocycles. The number of hydrogen-bond donors (Lipinski definition) is 3. The first kappa shape index (κ1) is 20.4. The summed E-state index contributed by atoms with van der Waals surface area (Å²) in [5.41, 5.74) is 4.30. The molecule has 4 rings (SSSR count). The molecular weight excluding hydrogens is 401 g/mol. The number of carbonyl (C=O) groups is 2. The quantitative estimate of drug-likeness (QED) is 0.558. The van der Waals surface area contributed by atoms with E-state index in [2.05, 4.69) is 5.32 Å². The summed E-state index contributed by atoms with van der Waals surface area (Å²) in [7, 11) is 0. The number of aromatic hydroxyl groups is 1. The van der Waals surface area contributed by atoms with E-state index in [1.807, 2.05) is 48.5 Å². The van der Waals surface area contributed by atoms with Crippen LogP contribution in [0.5, 0.6) is 5.75 Å². The maximum absolute atomic E-state index is 13.9. The topological polar surface area (TPSA) is 95.9 Å². The van der Waals surface area contributed by atoms with Gasteiger partial charge in [0.2, 0.25) is 0 Å². The Bertz CT molecular complexity index is 1100. The zero-order valence-corrected chi connectivity index (χ0v) is 16.4. The van der Waals surface area contributed by atoms with Crippen molar-refractivity contribution in [1.82, 2.24) is 5.32 Å². The van der Waals surface area contributed by atoms with Crippen LogP contribution in [0.3, 0.4) is 0 Å². The number of nitrogens with one attached hydrogen (secondary N) is 1. The van der Waals surface area contributed by atoms with Gasteiger partial charge in [-0.2, -0.15) is 0 Å². The number of alkyl carbamates (subject to hydrolysis) is 1. The van der Waals surface area contributed by atoms with Crippen molar-refractivity contribution in [3.05, 3.63) is 89.2 Å². The van der Waals surface area contributed by atoms with Crippen LogP contribution in [-0.4, -0.2) is 34.9 Å². The molecule has 6 nitrogen and oxygen atoms in total. The fraction of sp³-hybridized carbons (Fsp3) is 0.167. The molecule has 0 heterocycles. The van der Waals surface area contributed by atoms with E-state index in [-0.39, 0.29) is 30.3 Å². The first-order valence-corrected chi connectivity index (χ1v) is 9.75. The van der Waals surface area contributed by atoms with E-state index in [1.165, 1.54) is 12.1 Å². The second-order valence-corrected chi connectivity index (χ2v) is 7.34. The number of amides is 1. The molecule has 7 heteroatoms. The summed E-state index contributed by atoms with van der Waals surface area (Å²) in [6, 6.07) is 17.8. The van der Waals surface area contributed by atoms with Gasteiger partial charge in [0.1, 0.15) is 24.2 Å². The summed E-state index contributed by atoms with van der Waals surface area (Å²) in [6.45, 7) is 0.0414. The van der Waals surface area contributed by atoms with Crippen molar-refractivity contribution in [2.24, 2.45) is 0 Å². The Hall–Kier alpha value is -3.87. The first-order chi connectivity index (χ1) is 14.9. The Kier molecular flexibility index (Phi) is 5.58. The van der Waals surface area contributed by atoms with Crippen molar-refractivity contribution in [2.75, 3.05) is 6.61 Å². The number of benzene rings is 3. The standard InChI is InChI=1S/C24H20FNO5/c25-21-12-15(27)10-9-14(21)11-22(23(28)29)26-24(30)31-13-20-18-7-3-1-5-16(18)17-6-2-4-8-19(17)20/h1-10,12,20,22,27H,11,13H2,(H,26,30)(H,28,29). The van der Waals surface area contributed by atoms with E-state index in [0.29, 0.717) is 0 Å². The molecular formula is C24H20FNO5. The number of rotatable bonds is 6. The van der Waals surface area contributed by atoms with Gasteiger partial charge in [-0.1, -0.05) is 54.6 Å². The summed E-state index contributed by atoms with van der Waals surface area (Å²) in [5.74, 6) is -2.49. The highest BCUT2D eigenvalue weighted by Crippen LogP contribution is 2.44. The minimum atomic E-state index is -1.38. The number of halogens is 1. The third-order valence-electron chi connectivity index (χ3n) is 5.39. The first-order valence-electron chi connectivity index (χ1n) is 9.75. The van der Waals surface area contributed by atoms with E-state index in [0.717, 1.165) is 28.3 Å². The molecule has 0 radical (unpaired) electrons. The Morgan fingerprint density at radius 1 is 1.00 bits per heavy atom. The highest BCUT2D eigenvalue weighted by atomic mass is 19.1. The van der Waals surface area contributed by atoms with Crippen molar-refractivity contribution < 1.29 is 28.9 Å². The molecule has 0 aromatic heterocycles. The highest BCUT2D eigenvalue weighted by molar-refractivity contribution is 5.81. The Balaban J connectivity index is 1.44. The zero-order chi connectivity index (χ0) is 22.0. The number of carboxylic acids is 1. The highest BCUT2D eigenvalue weighted by Gasteiger charge is 2.30. The number of hydrogen-bond acceptors (Lipinski definition) is 4. The lowest BCUT2D eigenvalue weighted by Crippen LogP contribution is -2.43. The van der Waals surface area contributed by atoms with Crippen molar-refractivity contribution in [1.29, 1.82) is 0 Å². The predicted octanol–water partition coefficient (Wildman–Crippen LogP) is 4.07. The van der Waals surface area contributed by atoms with Crippen LogP contribution in [-0.2, 0) is 16.0 Å². The van der Waals surface area contributed by atoms with Crippen LogP contribution in [0.4, 0.5) is 9.18 Å². The monoisotopic (exact) mass is 421 g/mol. The lowest BCUT2D eigenvalue weighted by molar-refractivity contribution is -0.139. The fourth-order valence-electron chi connectivity index (χ4n) is 3.90.